The van der Waals surface area contributed by atoms with E-state index in [-0.39, 0.29) is 5.41 Å². The topological polar surface area (TPSA) is 105 Å². The van der Waals surface area contributed by atoms with Crippen LogP contribution in [0.25, 0.3) is 235 Å². The van der Waals surface area contributed by atoms with E-state index in [9.17, 15) is 0 Å². The molecule has 10 nitrogen and oxygen atoms in total. The molecule has 0 amide bonds. The number of nitrogens with zero attached hydrogens (tertiary/aromatic N) is 9. The van der Waals surface area contributed by atoms with Gasteiger partial charge in [0.05, 0.1) is 55.2 Å². The number of furan rings is 1. The number of fused-ring (bicyclic) bond motifs is 24. The molecule has 0 aliphatic heterocycles. The molecule has 26 aromatic rings. The molecule has 570 valence electrons. The molecule has 0 bridgehead atoms. The van der Waals surface area contributed by atoms with Gasteiger partial charge in [0.25, 0.3) is 0 Å². The largest absolute Gasteiger partial charge is 0.455 e. The molecule has 27 rings (SSSR count). The van der Waals surface area contributed by atoms with Crippen molar-refractivity contribution in [3.05, 3.63) is 393 Å². The van der Waals surface area contributed by atoms with Crippen molar-refractivity contribution in [3.8, 4) is 62.7 Å². The first-order chi connectivity index (χ1) is 60.3. The maximum atomic E-state index is 6.38. The van der Waals surface area contributed by atoms with Crippen molar-refractivity contribution in [3.63, 3.8) is 0 Å². The molecule has 8 heterocycles. The van der Waals surface area contributed by atoms with Gasteiger partial charge in [0.1, 0.15) is 28.6 Å². The van der Waals surface area contributed by atoms with Gasteiger partial charge in [-0.25, -0.2) is 29.9 Å². The summed E-state index contributed by atoms with van der Waals surface area (Å²) in [6.07, 6.45) is 0. The van der Waals surface area contributed by atoms with E-state index in [1.807, 2.05) is 35.6 Å². The number of thiophene rings is 1. The van der Waals surface area contributed by atoms with Crippen molar-refractivity contribution in [2.75, 3.05) is 0 Å². The third-order valence-electron chi connectivity index (χ3n) is 25.1. The summed E-state index contributed by atoms with van der Waals surface area (Å²) in [6.45, 7) is 4.64. The zero-order valence-electron chi connectivity index (χ0n) is 66.2. The second kappa shape index (κ2) is 27.1. The van der Waals surface area contributed by atoms with E-state index in [0.29, 0.717) is 5.82 Å². The lowest BCUT2D eigenvalue weighted by molar-refractivity contribution is 0.661. The molecule has 0 unspecified atom stereocenters. The summed E-state index contributed by atoms with van der Waals surface area (Å²) in [5, 5.41) is 22.4. The lowest BCUT2D eigenvalue weighted by atomic mass is 9.80. The molecule has 0 N–H and O–H groups in total. The van der Waals surface area contributed by atoms with Crippen LogP contribution in [0, 0.1) is 0 Å². The van der Waals surface area contributed by atoms with Crippen LogP contribution in [0.2, 0.25) is 0 Å². The Bertz CT molecular complexity index is 8580. The Kier molecular flexibility index (Phi) is 15.4. The van der Waals surface area contributed by atoms with Gasteiger partial charge in [-0.15, -0.1) is 11.3 Å². The fraction of sp³-hybridized carbons (Fsp3) is 0.0270. The highest BCUT2D eigenvalue weighted by molar-refractivity contribution is 7.26. The lowest BCUT2D eigenvalue weighted by Crippen LogP contribution is -2.16. The maximum absolute atomic E-state index is 6.38. The number of para-hydroxylation sites is 8. The first-order valence-corrected chi connectivity index (χ1v) is 42.2. The summed E-state index contributed by atoms with van der Waals surface area (Å²) in [5.74, 6) is 4.81. The highest BCUT2D eigenvalue weighted by atomic mass is 32.1. The number of hydrogen-bond donors (Lipinski definition) is 0. The SMILES string of the molecule is CC1(C)c2ccccc2-c2cccc(-c3nc(-n4c5ccccc5c5cc6ccccc6cc54)c4ccccc4n3)c21.c1ccc2cc3c(cc2c1)c1ccccc1n3-c1nc(-c2cccc3c2oc2ccccc23)nc2ccccc12.c1ccc2cc3c(cc2c1)c1ccccc1n3-c1nc(-c2cccc3c2sc2ccccc23)nc2ccccc12. The molecule has 11 heteroatoms. The smallest absolute Gasteiger partial charge is 0.165 e. The monoisotopic (exact) mass is 1580 g/mol. The van der Waals surface area contributed by atoms with Crippen LogP contribution in [-0.4, -0.2) is 43.6 Å². The second-order valence-electron chi connectivity index (χ2n) is 32.3. The van der Waals surface area contributed by atoms with Gasteiger partial charge in [0.2, 0.25) is 0 Å². The zero-order chi connectivity index (χ0) is 80.4. The summed E-state index contributed by atoms with van der Waals surface area (Å²) < 4.78 is 15.8. The standard InChI is InChI=1S/C39H27N3.C36H21N3O.C36H21N3S/c1-39(2)32-19-8-5-14-26(32)28-17-11-18-30(36(28)39)37-40-33-20-9-6-16-29(33)38(41-37)42-34-21-10-7-15-27(34)31-22-24-12-3-4-13-25(24)23-35(31)42;2*1-2-11-23-21-32-29(20-22(23)10-1)24-12-4-7-18-31(24)39(32)36-27-14-3-6-17-30(27)37-35(38-36)28-16-9-15-26-25-13-5-8-19-33(25)40-34(26)28/h3-23H,1-2H3;2*1-21H. The average Bonchev–Trinajstić information content (AvgIpc) is 1.56. The van der Waals surface area contributed by atoms with Gasteiger partial charge >= 0.3 is 0 Å². The molecule has 0 spiro atoms. The molecule has 18 aromatic carbocycles. The van der Waals surface area contributed by atoms with E-state index >= 15 is 0 Å². The van der Waals surface area contributed by atoms with Crippen molar-refractivity contribution >= 4 is 184 Å². The molecular weight excluding hydrogens is 1510 g/mol. The van der Waals surface area contributed by atoms with Crippen molar-refractivity contribution in [1.82, 2.24) is 43.6 Å². The Balaban J connectivity index is 0.000000101. The molecule has 0 radical (unpaired) electrons. The van der Waals surface area contributed by atoms with Crippen molar-refractivity contribution in [2.24, 2.45) is 0 Å². The third-order valence-corrected chi connectivity index (χ3v) is 26.3. The van der Waals surface area contributed by atoms with Crippen LogP contribution in [0.4, 0.5) is 0 Å². The van der Waals surface area contributed by atoms with Gasteiger partial charge in [-0.2, -0.15) is 0 Å². The quantitative estimate of drug-likeness (QED) is 0.163. The van der Waals surface area contributed by atoms with E-state index in [1.54, 1.807) is 0 Å². The molecule has 0 atom stereocenters. The van der Waals surface area contributed by atoms with Crippen molar-refractivity contribution in [2.45, 2.75) is 19.3 Å². The molecule has 1 aliphatic rings. The molecule has 0 saturated carbocycles. The van der Waals surface area contributed by atoms with Gasteiger partial charge < -0.3 is 4.42 Å². The number of rotatable bonds is 6. The minimum absolute atomic E-state index is 0.163. The van der Waals surface area contributed by atoms with Crippen LogP contribution in [0.15, 0.2) is 387 Å². The summed E-state index contributed by atoms with van der Waals surface area (Å²) in [5.41, 5.74) is 19.3. The minimum atomic E-state index is -0.163. The normalized spacial score (nSPS) is 12.6. The van der Waals surface area contributed by atoms with E-state index in [0.717, 1.165) is 134 Å². The predicted molar refractivity (Wildman–Crippen MR) is 508 cm³/mol. The van der Waals surface area contributed by atoms with Crippen LogP contribution in [-0.2, 0) is 5.41 Å². The highest BCUT2D eigenvalue weighted by Gasteiger charge is 2.38. The zero-order valence-corrected chi connectivity index (χ0v) is 67.0. The van der Waals surface area contributed by atoms with Crippen LogP contribution in [0.3, 0.4) is 0 Å². The Morgan fingerprint density at radius 3 is 1.10 bits per heavy atom. The summed E-state index contributed by atoms with van der Waals surface area (Å²) >= 11 is 1.81. The van der Waals surface area contributed by atoms with Gasteiger partial charge in [-0.05, 0) is 170 Å². The molecular formula is C111H69N9OS. The van der Waals surface area contributed by atoms with E-state index in [4.69, 9.17) is 34.3 Å². The average molecular weight is 1580 g/mol. The van der Waals surface area contributed by atoms with Crippen LogP contribution in [0.5, 0.6) is 0 Å². The third kappa shape index (κ3) is 10.7. The van der Waals surface area contributed by atoms with E-state index in [1.165, 1.54) is 107 Å². The molecule has 8 aromatic heterocycles. The van der Waals surface area contributed by atoms with Crippen LogP contribution >= 0.6 is 11.3 Å². The number of benzene rings is 18. The lowest BCUT2D eigenvalue weighted by Gasteiger charge is -2.24. The second-order valence-corrected chi connectivity index (χ2v) is 33.4. The Morgan fingerprint density at radius 1 is 0.246 bits per heavy atom. The molecule has 0 saturated heterocycles. The summed E-state index contributed by atoms with van der Waals surface area (Å²) in [4.78, 5) is 31.5. The highest BCUT2D eigenvalue weighted by Crippen LogP contribution is 2.53. The minimum Gasteiger partial charge on any atom is -0.455 e. The Labute approximate surface area is 702 Å². The first-order valence-electron chi connectivity index (χ1n) is 41.4. The summed E-state index contributed by atoms with van der Waals surface area (Å²) in [6, 6.07) is 135. The Morgan fingerprint density at radius 2 is 0.590 bits per heavy atom. The van der Waals surface area contributed by atoms with Gasteiger partial charge in [-0.1, -0.05) is 281 Å². The van der Waals surface area contributed by atoms with Gasteiger partial charge in [0.15, 0.2) is 17.5 Å². The van der Waals surface area contributed by atoms with Gasteiger partial charge in [0, 0.05) is 96.0 Å². The molecule has 122 heavy (non-hydrogen) atoms. The van der Waals surface area contributed by atoms with Crippen molar-refractivity contribution < 1.29 is 4.42 Å². The summed E-state index contributed by atoms with van der Waals surface area (Å²) in [7, 11) is 0. The number of hydrogen-bond acceptors (Lipinski definition) is 8. The maximum Gasteiger partial charge on any atom is 0.165 e. The number of aromatic nitrogens is 9. The van der Waals surface area contributed by atoms with Crippen LogP contribution in [0.1, 0.15) is 25.0 Å². The van der Waals surface area contributed by atoms with E-state index < -0.39 is 0 Å². The van der Waals surface area contributed by atoms with E-state index in [2.05, 4.69) is 385 Å². The van der Waals surface area contributed by atoms with Crippen molar-refractivity contribution in [1.29, 1.82) is 0 Å². The van der Waals surface area contributed by atoms with Gasteiger partial charge in [-0.3, -0.25) is 13.7 Å². The van der Waals surface area contributed by atoms with Crippen LogP contribution < -0.4 is 0 Å². The fourth-order valence-electron chi connectivity index (χ4n) is 19.6. The predicted octanol–water partition coefficient (Wildman–Crippen LogP) is 29.2. The fourth-order valence-corrected chi connectivity index (χ4v) is 20.8. The molecule has 0 fully saturated rings. The first kappa shape index (κ1) is 69.3. The molecule has 1 aliphatic carbocycles. The Hall–Kier alpha value is -15.8.